The molecule has 1 N–H and O–H groups in total. The fourth-order valence-corrected chi connectivity index (χ4v) is 2.01. The van der Waals surface area contributed by atoms with Crippen LogP contribution in [0.2, 0.25) is 0 Å². The van der Waals surface area contributed by atoms with E-state index in [2.05, 4.69) is 29.5 Å². The van der Waals surface area contributed by atoms with Crippen LogP contribution in [0.3, 0.4) is 0 Å². The normalized spacial score (nSPS) is 12.7. The zero-order valence-corrected chi connectivity index (χ0v) is 12.0. The quantitative estimate of drug-likeness (QED) is 0.841. The van der Waals surface area contributed by atoms with E-state index in [1.165, 1.54) is 0 Å². The first-order valence-electron chi connectivity index (χ1n) is 6.80. The van der Waals surface area contributed by atoms with Crippen LogP contribution in [0.25, 0.3) is 6.08 Å². The molecule has 0 fully saturated rings. The van der Waals surface area contributed by atoms with Gasteiger partial charge in [-0.2, -0.15) is 5.10 Å². The largest absolute Gasteiger partial charge is 0.496 e. The van der Waals surface area contributed by atoms with Gasteiger partial charge in [-0.1, -0.05) is 30.4 Å². The van der Waals surface area contributed by atoms with Crippen molar-refractivity contribution in [3.05, 3.63) is 54.4 Å². The molecule has 2 aromatic rings. The second-order valence-electron chi connectivity index (χ2n) is 4.68. The molecule has 0 aliphatic carbocycles. The highest BCUT2D eigenvalue weighted by Gasteiger charge is 2.01. The van der Waals surface area contributed by atoms with Crippen LogP contribution in [0.1, 0.15) is 12.5 Å². The highest BCUT2D eigenvalue weighted by atomic mass is 16.5. The maximum Gasteiger partial charge on any atom is 0.126 e. The summed E-state index contributed by atoms with van der Waals surface area (Å²) in [4.78, 5) is 0. The van der Waals surface area contributed by atoms with E-state index in [4.69, 9.17) is 4.74 Å². The first kappa shape index (κ1) is 14.3. The van der Waals surface area contributed by atoms with Crippen molar-refractivity contribution in [1.82, 2.24) is 15.1 Å². The van der Waals surface area contributed by atoms with Crippen LogP contribution in [-0.2, 0) is 6.54 Å². The molecular weight excluding hydrogens is 250 g/mol. The zero-order valence-electron chi connectivity index (χ0n) is 12.0. The smallest absolute Gasteiger partial charge is 0.126 e. The summed E-state index contributed by atoms with van der Waals surface area (Å²) in [6.45, 7) is 3.84. The Balaban J connectivity index is 1.78. The molecule has 0 unspecified atom stereocenters. The van der Waals surface area contributed by atoms with E-state index in [1.54, 1.807) is 13.3 Å². The zero-order chi connectivity index (χ0) is 14.2. The molecule has 0 saturated heterocycles. The lowest BCUT2D eigenvalue weighted by atomic mass is 10.2. The highest BCUT2D eigenvalue weighted by molar-refractivity contribution is 5.57. The molecule has 106 valence electrons. The van der Waals surface area contributed by atoms with E-state index in [-0.39, 0.29) is 0 Å². The molecule has 4 heteroatoms. The van der Waals surface area contributed by atoms with Gasteiger partial charge in [-0.05, 0) is 19.1 Å². The lowest BCUT2D eigenvalue weighted by Crippen LogP contribution is -2.30. The van der Waals surface area contributed by atoms with Crippen molar-refractivity contribution in [3.8, 4) is 5.75 Å². The van der Waals surface area contributed by atoms with Crippen LogP contribution >= 0.6 is 0 Å². The minimum absolute atomic E-state index is 0.372. The SMILES string of the molecule is COc1ccccc1/C=C/CN[C@H](C)Cn1cccn1. The summed E-state index contributed by atoms with van der Waals surface area (Å²) in [5, 5.41) is 7.64. The van der Waals surface area contributed by atoms with Gasteiger partial charge in [-0.25, -0.2) is 0 Å². The minimum atomic E-state index is 0.372. The van der Waals surface area contributed by atoms with Gasteiger partial charge in [0.05, 0.1) is 13.7 Å². The number of ether oxygens (including phenoxy) is 1. The molecule has 0 aliphatic heterocycles. The molecule has 1 aromatic heterocycles. The van der Waals surface area contributed by atoms with Crippen LogP contribution in [0.15, 0.2) is 48.8 Å². The average Bonchev–Trinajstić information content (AvgIpc) is 2.97. The number of benzene rings is 1. The third-order valence-corrected chi connectivity index (χ3v) is 3.04. The third kappa shape index (κ3) is 4.24. The third-order valence-electron chi connectivity index (χ3n) is 3.04. The number of nitrogens with zero attached hydrogens (tertiary/aromatic N) is 2. The first-order valence-corrected chi connectivity index (χ1v) is 6.80. The van der Waals surface area contributed by atoms with Gasteiger partial charge in [0.2, 0.25) is 0 Å². The maximum absolute atomic E-state index is 5.31. The monoisotopic (exact) mass is 271 g/mol. The van der Waals surface area contributed by atoms with Crippen LogP contribution in [-0.4, -0.2) is 29.5 Å². The fourth-order valence-electron chi connectivity index (χ4n) is 2.01. The van der Waals surface area contributed by atoms with Crippen molar-refractivity contribution in [2.75, 3.05) is 13.7 Å². The molecule has 1 heterocycles. The van der Waals surface area contributed by atoms with Crippen molar-refractivity contribution < 1.29 is 4.74 Å². The molecule has 1 atom stereocenters. The van der Waals surface area contributed by atoms with Crippen LogP contribution in [0, 0.1) is 0 Å². The summed E-state index contributed by atoms with van der Waals surface area (Å²) < 4.78 is 7.24. The Kier molecular flexibility index (Phi) is 5.38. The van der Waals surface area contributed by atoms with Gasteiger partial charge < -0.3 is 10.1 Å². The van der Waals surface area contributed by atoms with Crippen molar-refractivity contribution in [3.63, 3.8) is 0 Å². The number of para-hydroxylation sites is 1. The lowest BCUT2D eigenvalue weighted by molar-refractivity contribution is 0.414. The molecular formula is C16H21N3O. The van der Waals surface area contributed by atoms with E-state index in [9.17, 15) is 0 Å². The topological polar surface area (TPSA) is 39.1 Å². The second kappa shape index (κ2) is 7.50. The molecule has 0 aliphatic rings. The summed E-state index contributed by atoms with van der Waals surface area (Å²) in [5.41, 5.74) is 1.09. The van der Waals surface area contributed by atoms with Gasteiger partial charge in [0, 0.05) is 30.5 Å². The summed E-state index contributed by atoms with van der Waals surface area (Å²) in [7, 11) is 1.69. The van der Waals surface area contributed by atoms with E-state index in [0.717, 1.165) is 24.4 Å². The van der Waals surface area contributed by atoms with Gasteiger partial charge in [-0.3, -0.25) is 4.68 Å². The predicted octanol–water partition coefficient (Wildman–Crippen LogP) is 2.58. The number of methoxy groups -OCH3 is 1. The van der Waals surface area contributed by atoms with E-state index in [0.29, 0.717) is 6.04 Å². The van der Waals surface area contributed by atoms with Crippen LogP contribution in [0.4, 0.5) is 0 Å². The van der Waals surface area contributed by atoms with Crippen LogP contribution < -0.4 is 10.1 Å². The second-order valence-corrected chi connectivity index (χ2v) is 4.68. The standard InChI is InChI=1S/C16H21N3O/c1-14(13-19-12-6-11-18-19)17-10-5-8-15-7-3-4-9-16(15)20-2/h3-9,11-12,14,17H,10,13H2,1-2H3/b8-5+/t14-/m1/s1. The maximum atomic E-state index is 5.31. The number of rotatable bonds is 7. The van der Waals surface area contributed by atoms with Crippen molar-refractivity contribution in [2.24, 2.45) is 0 Å². The Morgan fingerprint density at radius 1 is 1.35 bits per heavy atom. The Morgan fingerprint density at radius 2 is 2.20 bits per heavy atom. The van der Waals surface area contributed by atoms with E-state index >= 15 is 0 Å². The molecule has 0 radical (unpaired) electrons. The highest BCUT2D eigenvalue weighted by Crippen LogP contribution is 2.18. The number of nitrogens with one attached hydrogen (secondary N) is 1. The molecule has 0 spiro atoms. The molecule has 20 heavy (non-hydrogen) atoms. The fraction of sp³-hybridized carbons (Fsp3) is 0.312. The molecule has 1 aromatic carbocycles. The number of aromatic nitrogens is 2. The Morgan fingerprint density at radius 3 is 2.95 bits per heavy atom. The average molecular weight is 271 g/mol. The molecule has 0 bridgehead atoms. The van der Waals surface area contributed by atoms with Crippen molar-refractivity contribution >= 4 is 6.08 Å². The summed E-state index contributed by atoms with van der Waals surface area (Å²) in [5.74, 6) is 0.897. The Bertz CT molecular complexity index is 534. The summed E-state index contributed by atoms with van der Waals surface area (Å²) in [6.07, 6.45) is 7.96. The number of hydrogen-bond acceptors (Lipinski definition) is 3. The van der Waals surface area contributed by atoms with Gasteiger partial charge in [-0.15, -0.1) is 0 Å². The van der Waals surface area contributed by atoms with Crippen molar-refractivity contribution in [1.29, 1.82) is 0 Å². The minimum Gasteiger partial charge on any atom is -0.496 e. The molecule has 0 amide bonds. The van der Waals surface area contributed by atoms with Gasteiger partial charge in [0.1, 0.15) is 5.75 Å². The molecule has 0 saturated carbocycles. The van der Waals surface area contributed by atoms with Gasteiger partial charge >= 0.3 is 0 Å². The number of hydrogen-bond donors (Lipinski definition) is 1. The van der Waals surface area contributed by atoms with Crippen molar-refractivity contribution in [2.45, 2.75) is 19.5 Å². The van der Waals surface area contributed by atoms with Gasteiger partial charge in [0.25, 0.3) is 0 Å². The Labute approximate surface area is 120 Å². The lowest BCUT2D eigenvalue weighted by Gasteiger charge is -2.12. The first-order chi connectivity index (χ1) is 9.79. The predicted molar refractivity (Wildman–Crippen MR) is 81.7 cm³/mol. The summed E-state index contributed by atoms with van der Waals surface area (Å²) >= 11 is 0. The van der Waals surface area contributed by atoms with E-state index in [1.807, 2.05) is 41.2 Å². The summed E-state index contributed by atoms with van der Waals surface area (Å²) in [6, 6.07) is 10.3. The molecule has 4 nitrogen and oxygen atoms in total. The Hall–Kier alpha value is -2.07. The molecule has 2 rings (SSSR count). The van der Waals surface area contributed by atoms with Crippen LogP contribution in [0.5, 0.6) is 5.75 Å². The van der Waals surface area contributed by atoms with Gasteiger partial charge in [0.15, 0.2) is 0 Å². The van der Waals surface area contributed by atoms with E-state index < -0.39 is 0 Å².